The van der Waals surface area contributed by atoms with Crippen LogP contribution in [0.4, 0.5) is 20.2 Å². The van der Waals surface area contributed by atoms with Gasteiger partial charge in [-0.1, -0.05) is 13.8 Å². The minimum absolute atomic E-state index is 0.0517. The first-order chi connectivity index (χ1) is 7.99. The van der Waals surface area contributed by atoms with Gasteiger partial charge in [-0.25, -0.2) is 8.78 Å². The van der Waals surface area contributed by atoms with Crippen molar-refractivity contribution < 1.29 is 8.78 Å². The Morgan fingerprint density at radius 1 is 1.35 bits per heavy atom. The van der Waals surface area contributed by atoms with E-state index in [1.807, 2.05) is 4.90 Å². The Labute approximate surface area is 100 Å². The van der Waals surface area contributed by atoms with Gasteiger partial charge in [0.15, 0.2) is 5.82 Å². The average molecular weight is 240 g/mol. The number of nitrogen functional groups attached to an aromatic ring is 1. The third-order valence-corrected chi connectivity index (χ3v) is 3.58. The minimum atomic E-state index is -0.673. The first-order valence-electron chi connectivity index (χ1n) is 5.98. The molecule has 2 nitrogen and oxygen atoms in total. The molecule has 0 bridgehead atoms. The molecule has 0 saturated carbocycles. The molecule has 1 aromatic carbocycles. The molecule has 0 amide bonds. The first-order valence-corrected chi connectivity index (χ1v) is 5.98. The summed E-state index contributed by atoms with van der Waals surface area (Å²) < 4.78 is 26.6. The first kappa shape index (κ1) is 12.1. The van der Waals surface area contributed by atoms with Gasteiger partial charge in [0.1, 0.15) is 5.82 Å². The van der Waals surface area contributed by atoms with Gasteiger partial charge in [-0.3, -0.25) is 0 Å². The molecule has 1 saturated heterocycles. The van der Waals surface area contributed by atoms with Crippen molar-refractivity contribution in [3.8, 4) is 0 Å². The van der Waals surface area contributed by atoms with Gasteiger partial charge in [-0.15, -0.1) is 0 Å². The maximum atomic E-state index is 13.4. The molecule has 2 rings (SSSR count). The molecule has 1 heterocycles. The smallest absolute Gasteiger partial charge is 0.151 e. The van der Waals surface area contributed by atoms with Crippen molar-refractivity contribution in [2.75, 3.05) is 23.7 Å². The van der Waals surface area contributed by atoms with Crippen LogP contribution in [0.15, 0.2) is 12.1 Å². The summed E-state index contributed by atoms with van der Waals surface area (Å²) in [6, 6.07) is 2.15. The molecule has 1 aromatic rings. The van der Waals surface area contributed by atoms with Gasteiger partial charge in [0.2, 0.25) is 0 Å². The number of nitrogens with zero attached hydrogens (tertiary/aromatic N) is 1. The van der Waals surface area contributed by atoms with Crippen molar-refractivity contribution in [1.29, 1.82) is 0 Å². The Bertz CT molecular complexity index is 418. The molecule has 1 atom stereocenters. The monoisotopic (exact) mass is 240 g/mol. The van der Waals surface area contributed by atoms with Crippen molar-refractivity contribution in [2.45, 2.75) is 20.3 Å². The second-order valence-corrected chi connectivity index (χ2v) is 5.06. The SMILES string of the molecule is CC(C)C1CCN(c2cc(F)cc(F)c2N)C1. The maximum absolute atomic E-state index is 13.4. The van der Waals surface area contributed by atoms with Crippen LogP contribution in [0.2, 0.25) is 0 Å². The summed E-state index contributed by atoms with van der Waals surface area (Å²) in [5.74, 6) is -0.0898. The second kappa shape index (κ2) is 4.51. The van der Waals surface area contributed by atoms with Crippen molar-refractivity contribution in [3.63, 3.8) is 0 Å². The summed E-state index contributed by atoms with van der Waals surface area (Å²) in [5.41, 5.74) is 6.21. The van der Waals surface area contributed by atoms with E-state index in [0.29, 0.717) is 17.5 Å². The fourth-order valence-corrected chi connectivity index (χ4v) is 2.38. The van der Waals surface area contributed by atoms with E-state index in [4.69, 9.17) is 5.73 Å². The molecular formula is C13H18F2N2. The predicted molar refractivity (Wildman–Crippen MR) is 65.9 cm³/mol. The van der Waals surface area contributed by atoms with Crippen LogP contribution < -0.4 is 10.6 Å². The Hall–Kier alpha value is -1.32. The molecule has 0 spiro atoms. The Balaban J connectivity index is 2.24. The molecule has 0 aromatic heterocycles. The zero-order valence-corrected chi connectivity index (χ0v) is 10.2. The molecular weight excluding hydrogens is 222 g/mol. The normalized spacial score (nSPS) is 20.3. The van der Waals surface area contributed by atoms with E-state index in [9.17, 15) is 8.78 Å². The van der Waals surface area contributed by atoms with Gasteiger partial charge in [0.25, 0.3) is 0 Å². The fraction of sp³-hybridized carbons (Fsp3) is 0.538. The molecule has 2 N–H and O–H groups in total. The van der Waals surface area contributed by atoms with E-state index in [1.165, 1.54) is 6.07 Å². The lowest BCUT2D eigenvalue weighted by Crippen LogP contribution is -2.22. The molecule has 1 aliphatic rings. The van der Waals surface area contributed by atoms with Crippen molar-refractivity contribution in [3.05, 3.63) is 23.8 Å². The summed E-state index contributed by atoms with van der Waals surface area (Å²) in [7, 11) is 0. The molecule has 4 heteroatoms. The Morgan fingerprint density at radius 2 is 2.06 bits per heavy atom. The Morgan fingerprint density at radius 3 is 2.65 bits per heavy atom. The highest BCUT2D eigenvalue weighted by atomic mass is 19.1. The van der Waals surface area contributed by atoms with Crippen LogP contribution in [-0.4, -0.2) is 13.1 Å². The number of anilines is 2. The molecule has 1 unspecified atom stereocenters. The van der Waals surface area contributed by atoms with E-state index in [2.05, 4.69) is 13.8 Å². The quantitative estimate of drug-likeness (QED) is 0.805. The van der Waals surface area contributed by atoms with E-state index >= 15 is 0 Å². The Kier molecular flexibility index (Phi) is 3.22. The van der Waals surface area contributed by atoms with Crippen LogP contribution in [0.1, 0.15) is 20.3 Å². The van der Waals surface area contributed by atoms with E-state index in [1.54, 1.807) is 0 Å². The summed E-state index contributed by atoms with van der Waals surface area (Å²) in [4.78, 5) is 1.98. The zero-order chi connectivity index (χ0) is 12.6. The third kappa shape index (κ3) is 2.35. The van der Waals surface area contributed by atoms with Crippen LogP contribution in [0, 0.1) is 23.5 Å². The van der Waals surface area contributed by atoms with Gasteiger partial charge >= 0.3 is 0 Å². The maximum Gasteiger partial charge on any atom is 0.151 e. The average Bonchev–Trinajstić information content (AvgIpc) is 2.72. The topological polar surface area (TPSA) is 29.3 Å². The number of rotatable bonds is 2. The predicted octanol–water partition coefficient (Wildman–Crippen LogP) is 3.03. The van der Waals surface area contributed by atoms with Crippen molar-refractivity contribution in [2.24, 2.45) is 11.8 Å². The number of halogens is 2. The highest BCUT2D eigenvalue weighted by Gasteiger charge is 2.27. The number of nitrogens with two attached hydrogens (primary N) is 1. The molecule has 0 radical (unpaired) electrons. The van der Waals surface area contributed by atoms with Crippen LogP contribution in [0.3, 0.4) is 0 Å². The zero-order valence-electron chi connectivity index (χ0n) is 10.2. The van der Waals surface area contributed by atoms with Gasteiger partial charge < -0.3 is 10.6 Å². The molecule has 0 aliphatic carbocycles. The van der Waals surface area contributed by atoms with Crippen LogP contribution in [0.25, 0.3) is 0 Å². The summed E-state index contributed by atoms with van der Waals surface area (Å²) in [5, 5.41) is 0. The van der Waals surface area contributed by atoms with Gasteiger partial charge in [0.05, 0.1) is 11.4 Å². The second-order valence-electron chi connectivity index (χ2n) is 5.06. The van der Waals surface area contributed by atoms with Gasteiger partial charge in [0, 0.05) is 19.2 Å². The van der Waals surface area contributed by atoms with Crippen LogP contribution in [-0.2, 0) is 0 Å². The lowest BCUT2D eigenvalue weighted by Gasteiger charge is -2.22. The molecule has 1 fully saturated rings. The molecule has 94 valence electrons. The lowest BCUT2D eigenvalue weighted by atomic mass is 9.95. The highest BCUT2D eigenvalue weighted by Crippen LogP contribution is 2.33. The van der Waals surface area contributed by atoms with E-state index in [0.717, 1.165) is 25.6 Å². The lowest BCUT2D eigenvalue weighted by molar-refractivity contribution is 0.422. The minimum Gasteiger partial charge on any atom is -0.395 e. The van der Waals surface area contributed by atoms with Gasteiger partial charge in [-0.2, -0.15) is 0 Å². The number of benzene rings is 1. The van der Waals surface area contributed by atoms with Crippen molar-refractivity contribution >= 4 is 11.4 Å². The summed E-state index contributed by atoms with van der Waals surface area (Å²) >= 11 is 0. The molecule has 17 heavy (non-hydrogen) atoms. The molecule has 1 aliphatic heterocycles. The largest absolute Gasteiger partial charge is 0.395 e. The number of hydrogen-bond acceptors (Lipinski definition) is 2. The van der Waals surface area contributed by atoms with Crippen LogP contribution in [0.5, 0.6) is 0 Å². The van der Waals surface area contributed by atoms with E-state index in [-0.39, 0.29) is 5.69 Å². The van der Waals surface area contributed by atoms with E-state index < -0.39 is 11.6 Å². The third-order valence-electron chi connectivity index (χ3n) is 3.58. The highest BCUT2D eigenvalue weighted by molar-refractivity contribution is 5.68. The van der Waals surface area contributed by atoms with Crippen LogP contribution >= 0.6 is 0 Å². The van der Waals surface area contributed by atoms with Crippen molar-refractivity contribution in [1.82, 2.24) is 0 Å². The fourth-order valence-electron chi connectivity index (χ4n) is 2.38. The summed E-state index contributed by atoms with van der Waals surface area (Å²) in [6.45, 7) is 5.98. The van der Waals surface area contributed by atoms with Gasteiger partial charge in [-0.05, 0) is 24.3 Å². The summed E-state index contributed by atoms with van der Waals surface area (Å²) in [6.07, 6.45) is 1.05. The number of hydrogen-bond donors (Lipinski definition) is 1. The standard InChI is InChI=1S/C13H18F2N2/c1-8(2)9-3-4-17(7-9)12-6-10(14)5-11(15)13(12)16/h5-6,8-9H,3-4,7,16H2,1-2H3.